The number of esters is 1. The molecule has 1 heterocycles. The molecule has 0 aromatic carbocycles. The van der Waals surface area contributed by atoms with Gasteiger partial charge in [-0.3, -0.25) is 0 Å². The van der Waals surface area contributed by atoms with Crippen LogP contribution in [0.1, 0.15) is 53.9 Å². The Morgan fingerprint density at radius 1 is 1.40 bits per heavy atom. The quantitative estimate of drug-likeness (QED) is 0.590. The van der Waals surface area contributed by atoms with E-state index in [9.17, 15) is 9.59 Å². The van der Waals surface area contributed by atoms with E-state index in [1.165, 1.54) is 0 Å². The summed E-state index contributed by atoms with van der Waals surface area (Å²) in [6.45, 7) is 9.86. The zero-order valence-electron chi connectivity index (χ0n) is 13.1. The van der Waals surface area contributed by atoms with Crippen molar-refractivity contribution in [1.82, 2.24) is 4.90 Å². The Balaban J connectivity index is 2.71. The van der Waals surface area contributed by atoms with Gasteiger partial charge in [0.05, 0.1) is 4.99 Å². The first kappa shape index (κ1) is 17.1. The number of hydrogen-bond acceptors (Lipinski definition) is 4. The molecule has 1 fully saturated rings. The Labute approximate surface area is 126 Å². The van der Waals surface area contributed by atoms with Gasteiger partial charge in [-0.1, -0.05) is 19.1 Å². The van der Waals surface area contributed by atoms with E-state index in [-0.39, 0.29) is 23.7 Å². The normalized spacial score (nSPS) is 20.6. The highest BCUT2D eigenvalue weighted by molar-refractivity contribution is 7.80. The summed E-state index contributed by atoms with van der Waals surface area (Å²) in [7, 11) is 0. The number of nitrogens with zero attached hydrogens (tertiary/aromatic N) is 1. The second kappa shape index (κ2) is 6.66. The van der Waals surface area contributed by atoms with Crippen LogP contribution in [-0.2, 0) is 14.3 Å². The van der Waals surface area contributed by atoms with E-state index in [0.29, 0.717) is 11.4 Å². The third-order valence-electron chi connectivity index (χ3n) is 3.23. The molecule has 0 bridgehead atoms. The Bertz CT molecular complexity index is 400. The van der Waals surface area contributed by atoms with E-state index in [4.69, 9.17) is 17.0 Å². The van der Waals surface area contributed by atoms with Crippen molar-refractivity contribution in [3.8, 4) is 0 Å². The van der Waals surface area contributed by atoms with Gasteiger partial charge in [-0.2, -0.15) is 0 Å². The average Bonchev–Trinajstić information content (AvgIpc) is 2.73. The fraction of sp³-hybridized carbons (Fsp3) is 0.800. The number of likely N-dealkylation sites (tertiary alicyclic amines) is 1. The predicted octanol–water partition coefficient (Wildman–Crippen LogP) is 2.74. The maximum atomic E-state index is 12.2. The molecule has 0 aromatic rings. The first-order valence-corrected chi connectivity index (χ1v) is 7.55. The smallest absolute Gasteiger partial charge is 0.329 e. The van der Waals surface area contributed by atoms with Gasteiger partial charge in [0.15, 0.2) is 0 Å². The number of rotatable bonds is 4. The highest BCUT2D eigenvalue weighted by Crippen LogP contribution is 2.24. The Morgan fingerprint density at radius 3 is 2.50 bits per heavy atom. The van der Waals surface area contributed by atoms with Crippen LogP contribution in [0.5, 0.6) is 0 Å². The summed E-state index contributed by atoms with van der Waals surface area (Å²) in [5.41, 5.74) is -0.488. The summed E-state index contributed by atoms with van der Waals surface area (Å²) in [5.74, 6) is -0.106. The van der Waals surface area contributed by atoms with E-state index in [2.05, 4.69) is 0 Å². The maximum absolute atomic E-state index is 12.2. The number of hydrogen-bond donors (Lipinski definition) is 0. The highest BCUT2D eigenvalue weighted by Gasteiger charge is 2.36. The van der Waals surface area contributed by atoms with Crippen molar-refractivity contribution in [3.63, 3.8) is 0 Å². The zero-order chi connectivity index (χ0) is 15.5. The fourth-order valence-corrected chi connectivity index (χ4v) is 2.75. The fourth-order valence-electron chi connectivity index (χ4n) is 2.45. The van der Waals surface area contributed by atoms with Gasteiger partial charge in [0.25, 0.3) is 0 Å². The van der Waals surface area contributed by atoms with Gasteiger partial charge >= 0.3 is 5.97 Å². The number of carbonyl (C=O) groups excluding carboxylic acids is 2. The Morgan fingerprint density at radius 2 is 2.00 bits per heavy atom. The lowest BCUT2D eigenvalue weighted by Crippen LogP contribution is -2.44. The second-order valence-electron chi connectivity index (χ2n) is 6.53. The van der Waals surface area contributed by atoms with Crippen LogP contribution in [0.3, 0.4) is 0 Å². The molecule has 1 aliphatic heterocycles. The molecule has 2 atom stereocenters. The molecule has 20 heavy (non-hydrogen) atoms. The van der Waals surface area contributed by atoms with Crippen LogP contribution in [-0.4, -0.2) is 39.8 Å². The number of thiocarbonyl (C=S) groups is 1. The average molecular weight is 299 g/mol. The molecule has 5 heteroatoms. The van der Waals surface area contributed by atoms with E-state index in [1.54, 1.807) is 6.92 Å². The lowest BCUT2D eigenvalue weighted by atomic mass is 10.0. The van der Waals surface area contributed by atoms with Crippen molar-refractivity contribution in [2.45, 2.75) is 65.5 Å². The van der Waals surface area contributed by atoms with Crippen LogP contribution >= 0.6 is 12.2 Å². The SMILES string of the molecule is CC(=O)CC(C)C(=S)N1CCC[C@H]1C(=O)OC(C)(C)C. The first-order valence-electron chi connectivity index (χ1n) is 7.14. The summed E-state index contributed by atoms with van der Waals surface area (Å²) in [5, 5.41) is 0. The van der Waals surface area contributed by atoms with E-state index in [0.717, 1.165) is 19.4 Å². The van der Waals surface area contributed by atoms with Crippen molar-refractivity contribution in [2.75, 3.05) is 6.54 Å². The summed E-state index contributed by atoms with van der Waals surface area (Å²) >= 11 is 5.46. The molecular formula is C15H25NO3S. The molecule has 0 radical (unpaired) electrons. The molecule has 0 aromatic heterocycles. The van der Waals surface area contributed by atoms with Crippen molar-refractivity contribution < 1.29 is 14.3 Å². The minimum Gasteiger partial charge on any atom is -0.458 e. The summed E-state index contributed by atoms with van der Waals surface area (Å²) in [6.07, 6.45) is 2.12. The van der Waals surface area contributed by atoms with E-state index >= 15 is 0 Å². The summed E-state index contributed by atoms with van der Waals surface area (Å²) in [4.78, 5) is 26.1. The number of carbonyl (C=O) groups is 2. The summed E-state index contributed by atoms with van der Waals surface area (Å²) in [6, 6.07) is -0.295. The lowest BCUT2D eigenvalue weighted by molar-refractivity contribution is -0.159. The number of ether oxygens (including phenoxy) is 1. The Kier molecular flexibility index (Phi) is 5.68. The number of Topliss-reactive ketones (excluding diaryl/α,β-unsaturated/α-hetero) is 1. The van der Waals surface area contributed by atoms with Gasteiger partial charge in [-0.05, 0) is 40.5 Å². The van der Waals surface area contributed by atoms with Crippen LogP contribution in [0, 0.1) is 5.92 Å². The number of ketones is 1. The molecule has 1 aliphatic rings. The van der Waals surface area contributed by atoms with Gasteiger partial charge in [-0.25, -0.2) is 4.79 Å². The molecule has 0 N–H and O–H groups in total. The molecule has 0 amide bonds. The van der Waals surface area contributed by atoms with Crippen molar-refractivity contribution in [1.29, 1.82) is 0 Å². The third kappa shape index (κ3) is 4.85. The van der Waals surface area contributed by atoms with Crippen molar-refractivity contribution >= 4 is 29.0 Å². The largest absolute Gasteiger partial charge is 0.458 e. The van der Waals surface area contributed by atoms with Crippen molar-refractivity contribution in [2.24, 2.45) is 5.92 Å². The highest BCUT2D eigenvalue weighted by atomic mass is 32.1. The van der Waals surface area contributed by atoms with Crippen LogP contribution in [0.4, 0.5) is 0 Å². The molecule has 0 spiro atoms. The first-order chi connectivity index (χ1) is 9.11. The predicted molar refractivity (Wildman–Crippen MR) is 82.6 cm³/mol. The van der Waals surface area contributed by atoms with Crippen LogP contribution < -0.4 is 0 Å². The maximum Gasteiger partial charge on any atom is 0.329 e. The molecule has 4 nitrogen and oxygen atoms in total. The van der Waals surface area contributed by atoms with Crippen molar-refractivity contribution in [3.05, 3.63) is 0 Å². The van der Waals surface area contributed by atoms with E-state index < -0.39 is 5.60 Å². The lowest BCUT2D eigenvalue weighted by Gasteiger charge is -2.31. The van der Waals surface area contributed by atoms with Crippen LogP contribution in [0.15, 0.2) is 0 Å². The minimum absolute atomic E-state index is 0.00876. The second-order valence-corrected chi connectivity index (χ2v) is 6.95. The van der Waals surface area contributed by atoms with Crippen LogP contribution in [0.2, 0.25) is 0 Å². The Hall–Kier alpha value is -0.970. The topological polar surface area (TPSA) is 46.6 Å². The minimum atomic E-state index is -0.488. The van der Waals surface area contributed by atoms with Gasteiger partial charge in [-0.15, -0.1) is 0 Å². The molecule has 0 saturated carbocycles. The van der Waals surface area contributed by atoms with Gasteiger partial charge in [0.2, 0.25) is 0 Å². The molecule has 114 valence electrons. The summed E-state index contributed by atoms with van der Waals surface area (Å²) < 4.78 is 5.46. The molecule has 1 saturated heterocycles. The van der Waals surface area contributed by atoms with Gasteiger partial charge < -0.3 is 14.4 Å². The standard InChI is InChI=1S/C15H25NO3S/c1-10(9-11(2)17)13(20)16-8-6-7-12(16)14(18)19-15(3,4)5/h10,12H,6-9H2,1-5H3/t10?,12-/m0/s1. The van der Waals surface area contributed by atoms with E-state index in [1.807, 2.05) is 32.6 Å². The molecule has 1 rings (SSSR count). The monoisotopic (exact) mass is 299 g/mol. The third-order valence-corrected chi connectivity index (χ3v) is 3.87. The molecular weight excluding hydrogens is 274 g/mol. The van der Waals surface area contributed by atoms with Gasteiger partial charge in [0.1, 0.15) is 17.4 Å². The van der Waals surface area contributed by atoms with Crippen LogP contribution in [0.25, 0.3) is 0 Å². The van der Waals surface area contributed by atoms with Gasteiger partial charge in [0, 0.05) is 18.9 Å². The molecule has 0 aliphatic carbocycles. The molecule has 1 unspecified atom stereocenters. The zero-order valence-corrected chi connectivity index (χ0v) is 13.9.